The van der Waals surface area contributed by atoms with Crippen LogP contribution in [0.2, 0.25) is 0 Å². The summed E-state index contributed by atoms with van der Waals surface area (Å²) >= 11 is 0. The van der Waals surface area contributed by atoms with Gasteiger partial charge in [-0.3, -0.25) is 9.78 Å². The van der Waals surface area contributed by atoms with Crippen LogP contribution in [-0.4, -0.2) is 25.2 Å². The molecule has 0 aromatic heterocycles. The number of carbonyl (C=O) groups is 2. The first kappa shape index (κ1) is 29.1. The van der Waals surface area contributed by atoms with Crippen LogP contribution < -0.4 is 9.47 Å². The monoisotopic (exact) mass is 500 g/mol. The Morgan fingerprint density at radius 3 is 1.44 bits per heavy atom. The molecule has 36 heavy (non-hydrogen) atoms. The molecule has 2 rings (SSSR count). The van der Waals surface area contributed by atoms with Gasteiger partial charge in [0.05, 0.1) is 24.3 Å². The Hall–Kier alpha value is -3.10. The number of benzene rings is 2. The highest BCUT2D eigenvalue weighted by Gasteiger charge is 2.21. The summed E-state index contributed by atoms with van der Waals surface area (Å²) in [7, 11) is 0. The molecule has 196 valence electrons. The fraction of sp³-hybridized carbons (Fsp3) is 0.429. The van der Waals surface area contributed by atoms with E-state index in [0.717, 1.165) is 38.5 Å². The van der Waals surface area contributed by atoms with Crippen molar-refractivity contribution in [2.75, 3.05) is 13.2 Å². The van der Waals surface area contributed by atoms with E-state index in [0.29, 0.717) is 37.6 Å². The van der Waals surface area contributed by atoms with Gasteiger partial charge in [0.15, 0.2) is 0 Å². The van der Waals surface area contributed by atoms with Crippen molar-refractivity contribution >= 4 is 11.9 Å². The molecular weight excluding hydrogens is 464 g/mol. The summed E-state index contributed by atoms with van der Waals surface area (Å²) in [6, 6.07) is 12.9. The lowest BCUT2D eigenvalue weighted by molar-refractivity contribution is -0.363. The Morgan fingerprint density at radius 1 is 0.611 bits per heavy atom. The maximum atomic E-state index is 12.4. The molecule has 0 unspecified atom stereocenters. The lowest BCUT2D eigenvalue weighted by Gasteiger charge is -2.14. The Bertz CT molecular complexity index is 814. The summed E-state index contributed by atoms with van der Waals surface area (Å²) in [5, 5.41) is 0. The van der Waals surface area contributed by atoms with Crippen molar-refractivity contribution in [1.29, 1.82) is 0 Å². The van der Waals surface area contributed by atoms with Crippen molar-refractivity contribution in [3.8, 4) is 11.5 Å². The van der Waals surface area contributed by atoms with Crippen LogP contribution in [0.1, 0.15) is 85.9 Å². The lowest BCUT2D eigenvalue weighted by atomic mass is 10.1. The maximum absolute atomic E-state index is 12.4. The molecule has 0 atom stereocenters. The molecule has 0 bridgehead atoms. The summed E-state index contributed by atoms with van der Waals surface area (Å²) in [5.41, 5.74) is 0.546. The van der Waals surface area contributed by atoms with Crippen LogP contribution >= 0.6 is 0 Å². The minimum absolute atomic E-state index is 0.119. The van der Waals surface area contributed by atoms with E-state index in [2.05, 4.69) is 6.92 Å². The van der Waals surface area contributed by atoms with Crippen molar-refractivity contribution in [3.63, 3.8) is 0 Å². The minimum Gasteiger partial charge on any atom is -0.494 e. The summed E-state index contributed by atoms with van der Waals surface area (Å²) in [6.45, 7) is 8.64. The molecule has 8 nitrogen and oxygen atoms in total. The quantitative estimate of drug-likeness (QED) is 0.125. The van der Waals surface area contributed by atoms with E-state index in [4.69, 9.17) is 29.0 Å². The molecule has 2 aromatic rings. The highest BCUT2D eigenvalue weighted by atomic mass is 17.3. The van der Waals surface area contributed by atoms with Crippen molar-refractivity contribution in [2.45, 2.75) is 65.2 Å². The van der Waals surface area contributed by atoms with Crippen molar-refractivity contribution in [2.24, 2.45) is 0 Å². The van der Waals surface area contributed by atoms with E-state index in [-0.39, 0.29) is 17.4 Å². The highest BCUT2D eigenvalue weighted by Crippen LogP contribution is 2.21. The van der Waals surface area contributed by atoms with Gasteiger partial charge in [0.2, 0.25) is 0 Å². The van der Waals surface area contributed by atoms with E-state index in [1.54, 1.807) is 48.5 Å². The third-order valence-corrected chi connectivity index (χ3v) is 5.10. The van der Waals surface area contributed by atoms with Gasteiger partial charge in [-0.25, -0.2) is 9.59 Å². The second-order valence-electron chi connectivity index (χ2n) is 7.92. The third kappa shape index (κ3) is 11.1. The van der Waals surface area contributed by atoms with Crippen LogP contribution in [0.25, 0.3) is 0 Å². The highest BCUT2D eigenvalue weighted by molar-refractivity contribution is 5.89. The second kappa shape index (κ2) is 17.3. The average molecular weight is 501 g/mol. The number of ether oxygens (including phenoxy) is 2. The van der Waals surface area contributed by atoms with E-state index in [1.165, 1.54) is 0 Å². The zero-order valence-electron chi connectivity index (χ0n) is 21.2. The number of hydrogen-bond acceptors (Lipinski definition) is 8. The molecule has 2 radical (unpaired) electrons. The molecule has 0 aliphatic rings. The van der Waals surface area contributed by atoms with Gasteiger partial charge >= 0.3 is 18.2 Å². The molecule has 0 amide bonds. The first-order valence-corrected chi connectivity index (χ1v) is 12.5. The van der Waals surface area contributed by atoms with Crippen molar-refractivity contribution in [3.05, 3.63) is 72.9 Å². The fourth-order valence-corrected chi connectivity index (χ4v) is 3.22. The summed E-state index contributed by atoms with van der Waals surface area (Å²) in [6.07, 6.45) is 7.18. The SMILES string of the molecule is [CH2]CCCCCCCC[C](OOC(=O)c1ccc(OCC)cc1)OOC(=O)c1ccc(OCC)cc1. The fourth-order valence-electron chi connectivity index (χ4n) is 3.22. The molecule has 8 heteroatoms. The summed E-state index contributed by atoms with van der Waals surface area (Å²) in [5.74, 6) is -0.153. The largest absolute Gasteiger partial charge is 0.494 e. The number of rotatable bonds is 18. The van der Waals surface area contributed by atoms with Crippen LogP contribution in [-0.2, 0) is 19.6 Å². The summed E-state index contributed by atoms with van der Waals surface area (Å²) < 4.78 is 10.7. The zero-order valence-corrected chi connectivity index (χ0v) is 21.2. The molecule has 0 heterocycles. The number of unbranched alkanes of at least 4 members (excludes halogenated alkanes) is 6. The van der Waals surface area contributed by atoms with Crippen LogP contribution in [0.4, 0.5) is 0 Å². The van der Waals surface area contributed by atoms with Gasteiger partial charge in [0.25, 0.3) is 0 Å². The number of carbonyl (C=O) groups excluding carboxylic acids is 2. The standard InChI is InChI=1S/C28H36O8/c1-4-7-8-9-10-11-12-13-26(33-35-27(29)22-14-18-24(19-15-22)31-5-2)34-36-28(30)23-16-20-25(21-17-23)32-6-3/h14-21H,1,4-13H2,2-3H3. The van der Waals surface area contributed by atoms with Gasteiger partial charge in [-0.15, -0.1) is 9.78 Å². The number of hydrogen-bond donors (Lipinski definition) is 0. The zero-order chi connectivity index (χ0) is 26.0. The van der Waals surface area contributed by atoms with Gasteiger partial charge in [-0.2, -0.15) is 0 Å². The predicted molar refractivity (Wildman–Crippen MR) is 134 cm³/mol. The van der Waals surface area contributed by atoms with Crippen molar-refractivity contribution < 1.29 is 38.6 Å². The van der Waals surface area contributed by atoms with Gasteiger partial charge in [0.1, 0.15) is 11.5 Å². The van der Waals surface area contributed by atoms with Crippen LogP contribution in [0.15, 0.2) is 48.5 Å². The van der Waals surface area contributed by atoms with Crippen LogP contribution in [0, 0.1) is 13.2 Å². The lowest BCUT2D eigenvalue weighted by Crippen LogP contribution is -2.16. The molecular formula is C28H36O8. The average Bonchev–Trinajstić information content (AvgIpc) is 2.90. The molecule has 0 N–H and O–H groups in total. The molecule has 0 saturated heterocycles. The molecule has 0 aliphatic carbocycles. The van der Waals surface area contributed by atoms with E-state index in [1.807, 2.05) is 13.8 Å². The molecule has 0 aliphatic heterocycles. The Kier molecular flexibility index (Phi) is 14.0. The van der Waals surface area contributed by atoms with Gasteiger partial charge < -0.3 is 9.47 Å². The first-order chi connectivity index (χ1) is 17.6. The van der Waals surface area contributed by atoms with Gasteiger partial charge in [0, 0.05) is 6.42 Å². The van der Waals surface area contributed by atoms with E-state index in [9.17, 15) is 9.59 Å². The third-order valence-electron chi connectivity index (χ3n) is 5.10. The topological polar surface area (TPSA) is 89.5 Å². The Morgan fingerprint density at radius 2 is 1.03 bits per heavy atom. The normalized spacial score (nSPS) is 10.8. The van der Waals surface area contributed by atoms with Gasteiger partial charge in [-0.05, 0) is 68.8 Å². The molecule has 0 saturated carbocycles. The maximum Gasteiger partial charge on any atom is 0.373 e. The van der Waals surface area contributed by atoms with Crippen LogP contribution in [0.3, 0.4) is 0 Å². The second-order valence-corrected chi connectivity index (χ2v) is 7.92. The van der Waals surface area contributed by atoms with E-state index < -0.39 is 11.9 Å². The smallest absolute Gasteiger partial charge is 0.373 e. The molecule has 0 fully saturated rings. The summed E-state index contributed by atoms with van der Waals surface area (Å²) in [4.78, 5) is 44.8. The predicted octanol–water partition coefficient (Wildman–Crippen LogP) is 6.81. The van der Waals surface area contributed by atoms with Gasteiger partial charge in [-0.1, -0.05) is 45.4 Å². The van der Waals surface area contributed by atoms with Crippen molar-refractivity contribution in [1.82, 2.24) is 0 Å². The molecule has 2 aromatic carbocycles. The minimum atomic E-state index is -0.717. The first-order valence-electron chi connectivity index (χ1n) is 12.5. The Balaban J connectivity index is 1.88. The van der Waals surface area contributed by atoms with E-state index >= 15 is 0 Å². The Labute approximate surface area is 213 Å². The van der Waals surface area contributed by atoms with Crippen LogP contribution in [0.5, 0.6) is 11.5 Å². The molecule has 0 spiro atoms.